The fourth-order valence-corrected chi connectivity index (χ4v) is 2.23. The number of carbonyl (C=O) groups excluding carboxylic acids is 1. The molecule has 0 heterocycles. The Kier molecular flexibility index (Phi) is 4.59. The first-order valence-electron chi connectivity index (χ1n) is 6.58. The zero-order chi connectivity index (χ0) is 13.9. The molecule has 0 atom stereocenters. The van der Waals surface area contributed by atoms with Crippen LogP contribution in [0.5, 0.6) is 0 Å². The molecule has 0 aliphatic heterocycles. The summed E-state index contributed by atoms with van der Waals surface area (Å²) in [4.78, 5) is 22.6. The summed E-state index contributed by atoms with van der Waals surface area (Å²) in [6, 6.07) is -0.374. The van der Waals surface area contributed by atoms with Gasteiger partial charge in [0, 0.05) is 6.54 Å². The molecular formula is C13H24N2O3. The summed E-state index contributed by atoms with van der Waals surface area (Å²) in [7, 11) is 0. The Hall–Kier alpha value is -1.26. The third-order valence-electron chi connectivity index (χ3n) is 3.72. The minimum atomic E-state index is -1.00. The molecule has 1 saturated carbocycles. The Balaban J connectivity index is 2.39. The second kappa shape index (κ2) is 5.59. The van der Waals surface area contributed by atoms with Gasteiger partial charge in [-0.15, -0.1) is 0 Å². The van der Waals surface area contributed by atoms with E-state index in [4.69, 9.17) is 5.11 Å². The quantitative estimate of drug-likeness (QED) is 0.678. The highest BCUT2D eigenvalue weighted by Gasteiger charge is 2.51. The van der Waals surface area contributed by atoms with E-state index in [2.05, 4.69) is 38.3 Å². The van der Waals surface area contributed by atoms with Crippen LogP contribution in [0.4, 0.5) is 4.79 Å². The fourth-order valence-electron chi connectivity index (χ4n) is 2.23. The first kappa shape index (κ1) is 14.8. The van der Waals surface area contributed by atoms with Gasteiger partial charge in [-0.3, -0.25) is 0 Å². The zero-order valence-corrected chi connectivity index (χ0v) is 11.6. The van der Waals surface area contributed by atoms with E-state index < -0.39 is 11.5 Å². The highest BCUT2D eigenvalue weighted by Crippen LogP contribution is 2.35. The van der Waals surface area contributed by atoms with Crippen LogP contribution in [-0.4, -0.2) is 29.2 Å². The van der Waals surface area contributed by atoms with Crippen molar-refractivity contribution in [3.05, 3.63) is 0 Å². The summed E-state index contributed by atoms with van der Waals surface area (Å²) in [5.41, 5.74) is -1.00. The molecule has 0 spiro atoms. The van der Waals surface area contributed by atoms with E-state index in [-0.39, 0.29) is 6.03 Å². The third kappa shape index (κ3) is 3.62. The molecule has 1 fully saturated rings. The maximum atomic E-state index is 11.7. The van der Waals surface area contributed by atoms with Gasteiger partial charge in [0.15, 0.2) is 0 Å². The van der Waals surface area contributed by atoms with Gasteiger partial charge in [-0.05, 0) is 30.6 Å². The molecule has 18 heavy (non-hydrogen) atoms. The van der Waals surface area contributed by atoms with Gasteiger partial charge in [0.1, 0.15) is 5.54 Å². The Morgan fingerprint density at radius 2 is 1.67 bits per heavy atom. The van der Waals surface area contributed by atoms with Crippen LogP contribution < -0.4 is 10.6 Å². The molecule has 0 bridgehead atoms. The largest absolute Gasteiger partial charge is 0.480 e. The van der Waals surface area contributed by atoms with Crippen LogP contribution in [0.1, 0.15) is 40.5 Å². The van der Waals surface area contributed by atoms with Gasteiger partial charge in [-0.25, -0.2) is 9.59 Å². The molecule has 0 aromatic carbocycles. The number of carbonyl (C=O) groups is 2. The number of hydrogen-bond acceptors (Lipinski definition) is 2. The molecule has 1 aliphatic carbocycles. The number of carboxylic acids is 1. The highest BCUT2D eigenvalue weighted by atomic mass is 16.4. The highest BCUT2D eigenvalue weighted by molar-refractivity contribution is 5.88. The molecule has 0 aromatic heterocycles. The molecule has 104 valence electrons. The minimum absolute atomic E-state index is 0.374. The molecule has 0 unspecified atom stereocenters. The summed E-state index contributed by atoms with van der Waals surface area (Å²) < 4.78 is 0. The summed E-state index contributed by atoms with van der Waals surface area (Å²) >= 11 is 0. The average molecular weight is 256 g/mol. The van der Waals surface area contributed by atoms with E-state index in [0.29, 0.717) is 37.1 Å². The van der Waals surface area contributed by atoms with Crippen LogP contribution in [0, 0.1) is 17.8 Å². The first-order chi connectivity index (χ1) is 8.28. The number of urea groups is 1. The zero-order valence-electron chi connectivity index (χ0n) is 11.6. The van der Waals surface area contributed by atoms with Crippen molar-refractivity contribution in [1.82, 2.24) is 10.6 Å². The van der Waals surface area contributed by atoms with E-state index >= 15 is 0 Å². The molecule has 0 aromatic rings. The minimum Gasteiger partial charge on any atom is -0.480 e. The number of hydrogen-bond donors (Lipinski definition) is 3. The second-order valence-electron chi connectivity index (χ2n) is 5.87. The van der Waals surface area contributed by atoms with Gasteiger partial charge >= 0.3 is 12.0 Å². The smallest absolute Gasteiger partial charge is 0.329 e. The van der Waals surface area contributed by atoms with Crippen LogP contribution in [-0.2, 0) is 4.79 Å². The maximum absolute atomic E-state index is 11.7. The average Bonchev–Trinajstić information content (AvgIpc) is 2.97. The van der Waals surface area contributed by atoms with Crippen molar-refractivity contribution < 1.29 is 14.7 Å². The monoisotopic (exact) mass is 256 g/mol. The predicted molar refractivity (Wildman–Crippen MR) is 69.3 cm³/mol. The number of rotatable bonds is 6. The van der Waals surface area contributed by atoms with Gasteiger partial charge in [-0.1, -0.05) is 27.7 Å². The Morgan fingerprint density at radius 3 is 2.00 bits per heavy atom. The van der Waals surface area contributed by atoms with Crippen LogP contribution in [0.15, 0.2) is 0 Å². The van der Waals surface area contributed by atoms with Gasteiger partial charge in [0.25, 0.3) is 0 Å². The van der Waals surface area contributed by atoms with E-state index in [1.54, 1.807) is 0 Å². The lowest BCUT2D eigenvalue weighted by atomic mass is 9.85. The van der Waals surface area contributed by atoms with Gasteiger partial charge in [0.2, 0.25) is 0 Å². The van der Waals surface area contributed by atoms with Crippen LogP contribution in [0.2, 0.25) is 0 Å². The van der Waals surface area contributed by atoms with Crippen molar-refractivity contribution in [2.75, 3.05) is 6.54 Å². The van der Waals surface area contributed by atoms with E-state index in [0.717, 1.165) is 0 Å². The molecular weight excluding hydrogens is 232 g/mol. The Bertz CT molecular complexity index is 314. The SMILES string of the molecule is CC(C)C(CNC(=O)NC1(C(=O)O)CC1)C(C)C. The Labute approximate surface area is 108 Å². The lowest BCUT2D eigenvalue weighted by Crippen LogP contribution is -2.49. The molecule has 1 rings (SSSR count). The van der Waals surface area contributed by atoms with Crippen molar-refractivity contribution >= 4 is 12.0 Å². The summed E-state index contributed by atoms with van der Waals surface area (Å²) in [5, 5.41) is 14.3. The summed E-state index contributed by atoms with van der Waals surface area (Å²) in [6.45, 7) is 9.10. The number of nitrogens with one attached hydrogen (secondary N) is 2. The van der Waals surface area contributed by atoms with E-state index in [9.17, 15) is 9.59 Å². The van der Waals surface area contributed by atoms with Crippen molar-refractivity contribution in [3.63, 3.8) is 0 Å². The summed E-state index contributed by atoms with van der Waals surface area (Å²) in [6.07, 6.45) is 1.04. The predicted octanol–water partition coefficient (Wildman–Crippen LogP) is 1.83. The fraction of sp³-hybridized carbons (Fsp3) is 0.846. The van der Waals surface area contributed by atoms with Crippen LogP contribution >= 0.6 is 0 Å². The topological polar surface area (TPSA) is 78.4 Å². The third-order valence-corrected chi connectivity index (χ3v) is 3.72. The normalized spacial score (nSPS) is 17.1. The molecule has 3 N–H and O–H groups in total. The van der Waals surface area contributed by atoms with Crippen molar-refractivity contribution in [2.24, 2.45) is 17.8 Å². The number of carboxylic acid groups (broad SMARTS) is 1. The molecule has 5 heteroatoms. The van der Waals surface area contributed by atoms with E-state index in [1.807, 2.05) is 0 Å². The number of aliphatic carboxylic acids is 1. The molecule has 0 saturated heterocycles. The lowest BCUT2D eigenvalue weighted by molar-refractivity contribution is -0.140. The van der Waals surface area contributed by atoms with Crippen LogP contribution in [0.25, 0.3) is 0 Å². The standard InChI is InChI=1S/C13H24N2O3/c1-8(2)10(9(3)4)7-14-12(18)15-13(5-6-13)11(16)17/h8-10H,5-7H2,1-4H3,(H,16,17)(H2,14,15,18). The first-order valence-corrected chi connectivity index (χ1v) is 6.58. The number of amides is 2. The van der Waals surface area contributed by atoms with Gasteiger partial charge < -0.3 is 15.7 Å². The molecule has 5 nitrogen and oxygen atoms in total. The van der Waals surface area contributed by atoms with Crippen LogP contribution in [0.3, 0.4) is 0 Å². The van der Waals surface area contributed by atoms with Gasteiger partial charge in [0.05, 0.1) is 0 Å². The molecule has 0 radical (unpaired) electrons. The molecule has 1 aliphatic rings. The lowest BCUT2D eigenvalue weighted by Gasteiger charge is -2.25. The van der Waals surface area contributed by atoms with Crippen molar-refractivity contribution in [3.8, 4) is 0 Å². The van der Waals surface area contributed by atoms with E-state index in [1.165, 1.54) is 0 Å². The molecule has 2 amide bonds. The Morgan fingerprint density at radius 1 is 1.17 bits per heavy atom. The van der Waals surface area contributed by atoms with Crippen molar-refractivity contribution in [1.29, 1.82) is 0 Å². The summed E-state index contributed by atoms with van der Waals surface area (Å²) in [5.74, 6) is 0.428. The maximum Gasteiger partial charge on any atom is 0.329 e. The van der Waals surface area contributed by atoms with Gasteiger partial charge in [-0.2, -0.15) is 0 Å². The van der Waals surface area contributed by atoms with Crippen molar-refractivity contribution in [2.45, 2.75) is 46.1 Å². The second-order valence-corrected chi connectivity index (χ2v) is 5.87.